The third-order valence-electron chi connectivity index (χ3n) is 1.00. The number of nitrogens with zero attached hydrogens (tertiary/aromatic N) is 3. The summed E-state index contributed by atoms with van der Waals surface area (Å²) < 4.78 is 1.69. The van der Waals surface area contributed by atoms with E-state index in [1.807, 2.05) is 0 Å². The van der Waals surface area contributed by atoms with Crippen LogP contribution in [0.15, 0.2) is 24.1 Å². The fourth-order valence-electron chi connectivity index (χ4n) is 0.561. The standard InChI is InChI=1S/C6H7N3/c1-3-9-5-8-4-6(9)7-2/h3-5H,1-2H2. The third-order valence-corrected chi connectivity index (χ3v) is 1.00. The highest BCUT2D eigenvalue weighted by atomic mass is 15.1. The van der Waals surface area contributed by atoms with E-state index in [1.54, 1.807) is 23.3 Å². The molecule has 1 rings (SSSR count). The van der Waals surface area contributed by atoms with E-state index >= 15 is 0 Å². The molecule has 0 spiro atoms. The monoisotopic (exact) mass is 121 g/mol. The summed E-state index contributed by atoms with van der Waals surface area (Å²) in [4.78, 5) is 7.50. The molecular formula is C6H7N3. The van der Waals surface area contributed by atoms with Crippen molar-refractivity contribution >= 4 is 18.7 Å². The highest BCUT2D eigenvalue weighted by molar-refractivity contribution is 5.43. The Kier molecular flexibility index (Phi) is 1.44. The molecule has 0 unspecified atom stereocenters. The van der Waals surface area contributed by atoms with E-state index in [2.05, 4.69) is 23.3 Å². The second-order valence-electron chi connectivity index (χ2n) is 1.50. The topological polar surface area (TPSA) is 30.2 Å². The molecule has 1 aromatic rings. The van der Waals surface area contributed by atoms with Gasteiger partial charge in [-0.2, -0.15) is 0 Å². The minimum absolute atomic E-state index is 0.713. The van der Waals surface area contributed by atoms with Gasteiger partial charge in [0.25, 0.3) is 0 Å². The van der Waals surface area contributed by atoms with Crippen LogP contribution in [0.3, 0.4) is 0 Å². The Balaban J connectivity index is 3.12. The normalized spacial score (nSPS) is 8.89. The number of aromatic nitrogens is 2. The molecule has 3 nitrogen and oxygen atoms in total. The lowest BCUT2D eigenvalue weighted by molar-refractivity contribution is 1.13. The van der Waals surface area contributed by atoms with E-state index in [-0.39, 0.29) is 0 Å². The van der Waals surface area contributed by atoms with Crippen LogP contribution in [0.25, 0.3) is 6.20 Å². The summed E-state index contributed by atoms with van der Waals surface area (Å²) in [5.41, 5.74) is 0. The summed E-state index contributed by atoms with van der Waals surface area (Å²) in [7, 11) is 0. The molecule has 0 aliphatic rings. The maximum atomic E-state index is 3.82. The fraction of sp³-hybridized carbons (Fsp3) is 0. The number of hydrogen-bond acceptors (Lipinski definition) is 2. The van der Waals surface area contributed by atoms with Crippen molar-refractivity contribution in [1.29, 1.82) is 0 Å². The van der Waals surface area contributed by atoms with Gasteiger partial charge in [-0.3, -0.25) is 4.57 Å². The highest BCUT2D eigenvalue weighted by Gasteiger charge is 1.90. The van der Waals surface area contributed by atoms with Gasteiger partial charge >= 0.3 is 0 Å². The lowest BCUT2D eigenvalue weighted by atomic mass is 10.7. The predicted molar refractivity (Wildman–Crippen MR) is 37.8 cm³/mol. The minimum Gasteiger partial charge on any atom is -0.291 e. The van der Waals surface area contributed by atoms with Crippen molar-refractivity contribution in [3.63, 3.8) is 0 Å². The van der Waals surface area contributed by atoms with Crippen molar-refractivity contribution in [2.24, 2.45) is 4.99 Å². The average Bonchev–Trinajstić information content (AvgIpc) is 2.33. The van der Waals surface area contributed by atoms with Gasteiger partial charge in [-0.15, -0.1) is 0 Å². The van der Waals surface area contributed by atoms with Crippen LogP contribution in [0.4, 0.5) is 5.82 Å². The summed E-state index contributed by atoms with van der Waals surface area (Å²) in [5.74, 6) is 0.713. The first-order valence-electron chi connectivity index (χ1n) is 2.49. The quantitative estimate of drug-likeness (QED) is 0.542. The predicted octanol–water partition coefficient (Wildman–Crippen LogP) is 1.32. The van der Waals surface area contributed by atoms with Gasteiger partial charge in [0.15, 0.2) is 5.82 Å². The molecule has 0 aliphatic carbocycles. The smallest absolute Gasteiger partial charge is 0.155 e. The number of imidazole rings is 1. The summed E-state index contributed by atoms with van der Waals surface area (Å²) in [6.45, 7) is 6.90. The zero-order valence-corrected chi connectivity index (χ0v) is 4.99. The molecular weight excluding hydrogens is 114 g/mol. The highest BCUT2D eigenvalue weighted by Crippen LogP contribution is 2.08. The van der Waals surface area contributed by atoms with Gasteiger partial charge in [0.1, 0.15) is 6.33 Å². The first kappa shape index (κ1) is 5.75. The summed E-state index contributed by atoms with van der Waals surface area (Å²) in [5, 5.41) is 0. The first-order valence-corrected chi connectivity index (χ1v) is 2.49. The van der Waals surface area contributed by atoms with Crippen molar-refractivity contribution in [2.75, 3.05) is 0 Å². The second-order valence-corrected chi connectivity index (χ2v) is 1.50. The number of rotatable bonds is 2. The SMILES string of the molecule is C=Cn1cncc1N=C. The van der Waals surface area contributed by atoms with Crippen LogP contribution in [0.2, 0.25) is 0 Å². The molecule has 0 saturated heterocycles. The molecule has 0 amide bonds. The molecule has 1 heterocycles. The molecule has 1 aromatic heterocycles. The van der Waals surface area contributed by atoms with Gasteiger partial charge < -0.3 is 0 Å². The van der Waals surface area contributed by atoms with Crippen LogP contribution >= 0.6 is 0 Å². The Hall–Kier alpha value is -1.38. The van der Waals surface area contributed by atoms with Crippen LogP contribution in [0, 0.1) is 0 Å². The van der Waals surface area contributed by atoms with Crippen molar-refractivity contribution in [3.05, 3.63) is 19.1 Å². The zero-order chi connectivity index (χ0) is 6.69. The van der Waals surface area contributed by atoms with E-state index in [1.165, 1.54) is 0 Å². The molecule has 46 valence electrons. The minimum atomic E-state index is 0.713. The van der Waals surface area contributed by atoms with Gasteiger partial charge in [0.05, 0.1) is 6.20 Å². The molecule has 0 bridgehead atoms. The number of hydrogen-bond donors (Lipinski definition) is 0. The molecule has 0 fully saturated rings. The van der Waals surface area contributed by atoms with Crippen LogP contribution in [-0.4, -0.2) is 16.3 Å². The van der Waals surface area contributed by atoms with Crippen LogP contribution in [0.5, 0.6) is 0 Å². The Labute approximate surface area is 53.4 Å². The van der Waals surface area contributed by atoms with E-state index in [0.717, 1.165) is 0 Å². The van der Waals surface area contributed by atoms with Gasteiger partial charge in [-0.25, -0.2) is 9.98 Å². The molecule has 0 saturated carbocycles. The van der Waals surface area contributed by atoms with E-state index in [9.17, 15) is 0 Å². The molecule has 0 radical (unpaired) electrons. The molecule has 0 N–H and O–H groups in total. The van der Waals surface area contributed by atoms with Crippen LogP contribution < -0.4 is 0 Å². The lowest BCUT2D eigenvalue weighted by Gasteiger charge is -1.90. The third kappa shape index (κ3) is 0.887. The van der Waals surface area contributed by atoms with Crippen molar-refractivity contribution in [1.82, 2.24) is 9.55 Å². The van der Waals surface area contributed by atoms with Crippen molar-refractivity contribution < 1.29 is 0 Å². The molecule has 0 atom stereocenters. The maximum absolute atomic E-state index is 3.82. The first-order chi connectivity index (χ1) is 4.38. The Bertz CT molecular complexity index is 201. The molecule has 0 aromatic carbocycles. The lowest BCUT2D eigenvalue weighted by Crippen LogP contribution is -1.77. The van der Waals surface area contributed by atoms with E-state index < -0.39 is 0 Å². The van der Waals surface area contributed by atoms with Crippen LogP contribution in [0.1, 0.15) is 0 Å². The summed E-state index contributed by atoms with van der Waals surface area (Å²) in [6, 6.07) is 0. The molecule has 9 heavy (non-hydrogen) atoms. The van der Waals surface area contributed by atoms with Gasteiger partial charge in [0.2, 0.25) is 0 Å². The average molecular weight is 121 g/mol. The molecule has 3 heteroatoms. The fourth-order valence-corrected chi connectivity index (χ4v) is 0.561. The summed E-state index contributed by atoms with van der Waals surface area (Å²) in [6.07, 6.45) is 4.86. The Morgan fingerprint density at radius 1 is 1.78 bits per heavy atom. The zero-order valence-electron chi connectivity index (χ0n) is 4.99. The Morgan fingerprint density at radius 2 is 2.56 bits per heavy atom. The van der Waals surface area contributed by atoms with Gasteiger partial charge in [0, 0.05) is 6.20 Å². The number of aliphatic imine (C=N–C) groups is 1. The van der Waals surface area contributed by atoms with E-state index in [4.69, 9.17) is 0 Å². The van der Waals surface area contributed by atoms with Gasteiger partial charge in [-0.1, -0.05) is 6.58 Å². The second kappa shape index (κ2) is 2.26. The largest absolute Gasteiger partial charge is 0.291 e. The van der Waals surface area contributed by atoms with Crippen molar-refractivity contribution in [2.45, 2.75) is 0 Å². The van der Waals surface area contributed by atoms with E-state index in [0.29, 0.717) is 5.82 Å². The summed E-state index contributed by atoms with van der Waals surface area (Å²) >= 11 is 0. The Morgan fingerprint density at radius 3 is 3.00 bits per heavy atom. The van der Waals surface area contributed by atoms with Crippen LogP contribution in [-0.2, 0) is 0 Å². The molecule has 0 aliphatic heterocycles. The maximum Gasteiger partial charge on any atom is 0.155 e. The van der Waals surface area contributed by atoms with Crippen molar-refractivity contribution in [3.8, 4) is 0 Å². The van der Waals surface area contributed by atoms with Gasteiger partial charge in [-0.05, 0) is 6.72 Å².